The van der Waals surface area contributed by atoms with Crippen LogP contribution in [0.3, 0.4) is 0 Å². The van der Waals surface area contributed by atoms with Gasteiger partial charge < -0.3 is 10.6 Å². The molecule has 0 aromatic heterocycles. The third-order valence-electron chi connectivity index (χ3n) is 2.93. The number of hydrogen-bond donors (Lipinski definition) is 3. The van der Waals surface area contributed by atoms with Crippen LogP contribution in [0.15, 0.2) is 0 Å². The van der Waals surface area contributed by atoms with Crippen molar-refractivity contribution in [1.29, 1.82) is 0 Å². The molecular formula is C13H25N3O2. The molecule has 0 spiro atoms. The molecule has 1 aliphatic rings. The fourth-order valence-electron chi connectivity index (χ4n) is 1.44. The number of amides is 2. The Labute approximate surface area is 109 Å². The Morgan fingerprint density at radius 3 is 2.39 bits per heavy atom. The third kappa shape index (κ3) is 6.59. The number of hydrogen-bond acceptors (Lipinski definition) is 3. The minimum absolute atomic E-state index is 0.0367. The first kappa shape index (κ1) is 15.0. The summed E-state index contributed by atoms with van der Waals surface area (Å²) in [5.74, 6) is 1.02. The van der Waals surface area contributed by atoms with Gasteiger partial charge in [0, 0.05) is 13.1 Å². The second-order valence-corrected chi connectivity index (χ2v) is 5.49. The lowest BCUT2D eigenvalue weighted by atomic mass is 10.2. The summed E-state index contributed by atoms with van der Waals surface area (Å²) < 4.78 is 0. The third-order valence-corrected chi connectivity index (χ3v) is 2.93. The van der Waals surface area contributed by atoms with Gasteiger partial charge in [-0.3, -0.25) is 14.9 Å². The van der Waals surface area contributed by atoms with Crippen LogP contribution in [0, 0.1) is 11.8 Å². The molecule has 18 heavy (non-hydrogen) atoms. The molecule has 104 valence electrons. The zero-order chi connectivity index (χ0) is 13.5. The predicted molar refractivity (Wildman–Crippen MR) is 71.0 cm³/mol. The summed E-state index contributed by atoms with van der Waals surface area (Å²) >= 11 is 0. The molecule has 0 aliphatic heterocycles. The Morgan fingerprint density at radius 2 is 1.83 bits per heavy atom. The van der Waals surface area contributed by atoms with Gasteiger partial charge in [0.2, 0.25) is 11.8 Å². The van der Waals surface area contributed by atoms with E-state index in [4.69, 9.17) is 0 Å². The quantitative estimate of drug-likeness (QED) is 0.583. The Morgan fingerprint density at radius 1 is 1.17 bits per heavy atom. The molecule has 0 radical (unpaired) electrons. The van der Waals surface area contributed by atoms with Gasteiger partial charge in [0.1, 0.15) is 0 Å². The first-order valence-electron chi connectivity index (χ1n) is 6.76. The van der Waals surface area contributed by atoms with Crippen LogP contribution in [0.25, 0.3) is 0 Å². The molecular weight excluding hydrogens is 230 g/mol. The second-order valence-electron chi connectivity index (χ2n) is 5.49. The molecule has 3 N–H and O–H groups in total. The Kier molecular flexibility index (Phi) is 6.12. The van der Waals surface area contributed by atoms with E-state index in [2.05, 4.69) is 16.0 Å². The van der Waals surface area contributed by atoms with Crippen molar-refractivity contribution < 1.29 is 9.59 Å². The smallest absolute Gasteiger partial charge is 0.236 e. The maximum Gasteiger partial charge on any atom is 0.236 e. The molecule has 0 saturated heterocycles. The average molecular weight is 255 g/mol. The van der Waals surface area contributed by atoms with Gasteiger partial charge in [0.25, 0.3) is 0 Å². The van der Waals surface area contributed by atoms with Crippen LogP contribution in [0.5, 0.6) is 0 Å². The zero-order valence-electron chi connectivity index (χ0n) is 11.6. The lowest BCUT2D eigenvalue weighted by molar-refractivity contribution is -0.123. The van der Waals surface area contributed by atoms with Gasteiger partial charge >= 0.3 is 0 Å². The van der Waals surface area contributed by atoms with Gasteiger partial charge in [-0.1, -0.05) is 13.8 Å². The van der Waals surface area contributed by atoms with E-state index >= 15 is 0 Å². The predicted octanol–water partition coefficient (Wildman–Crippen LogP) is 0.263. The molecule has 0 bridgehead atoms. The highest BCUT2D eigenvalue weighted by Crippen LogP contribution is 2.27. The lowest BCUT2D eigenvalue weighted by Crippen LogP contribution is -2.46. The van der Waals surface area contributed by atoms with Crippen molar-refractivity contribution in [2.45, 2.75) is 39.7 Å². The topological polar surface area (TPSA) is 70.2 Å². The monoisotopic (exact) mass is 255 g/mol. The Bertz CT molecular complexity index is 288. The SMILES string of the molecule is CC(C)CNC(=O)C(C)NCC(=O)NCC1CC1. The van der Waals surface area contributed by atoms with Crippen LogP contribution in [-0.4, -0.2) is 37.5 Å². The zero-order valence-corrected chi connectivity index (χ0v) is 11.6. The van der Waals surface area contributed by atoms with Crippen molar-refractivity contribution in [3.63, 3.8) is 0 Å². The van der Waals surface area contributed by atoms with Crippen LogP contribution in [-0.2, 0) is 9.59 Å². The molecule has 0 heterocycles. The Hall–Kier alpha value is -1.10. The van der Waals surface area contributed by atoms with E-state index in [-0.39, 0.29) is 24.4 Å². The molecule has 5 heteroatoms. The highest BCUT2D eigenvalue weighted by Gasteiger charge is 2.21. The standard InChI is InChI=1S/C13H25N3O2/c1-9(2)6-16-13(18)10(3)14-8-12(17)15-7-11-4-5-11/h9-11,14H,4-8H2,1-3H3,(H,15,17)(H,16,18). The van der Waals surface area contributed by atoms with Crippen LogP contribution in [0.2, 0.25) is 0 Å². The van der Waals surface area contributed by atoms with Gasteiger partial charge in [-0.15, -0.1) is 0 Å². The first-order valence-corrected chi connectivity index (χ1v) is 6.76. The van der Waals surface area contributed by atoms with Crippen LogP contribution in [0.4, 0.5) is 0 Å². The van der Waals surface area contributed by atoms with Gasteiger partial charge in [0.15, 0.2) is 0 Å². The van der Waals surface area contributed by atoms with Crippen molar-refractivity contribution in [3.05, 3.63) is 0 Å². The van der Waals surface area contributed by atoms with Gasteiger partial charge in [-0.2, -0.15) is 0 Å². The fourth-order valence-corrected chi connectivity index (χ4v) is 1.44. The van der Waals surface area contributed by atoms with E-state index in [1.54, 1.807) is 6.92 Å². The second kappa shape index (κ2) is 7.36. The lowest BCUT2D eigenvalue weighted by Gasteiger charge is -2.15. The fraction of sp³-hybridized carbons (Fsp3) is 0.846. The summed E-state index contributed by atoms with van der Waals surface area (Å²) in [4.78, 5) is 23.1. The Balaban J connectivity index is 2.08. The summed E-state index contributed by atoms with van der Waals surface area (Å²) in [6.45, 7) is 7.49. The normalized spacial score (nSPS) is 16.4. The van der Waals surface area contributed by atoms with E-state index in [9.17, 15) is 9.59 Å². The maximum absolute atomic E-state index is 11.6. The molecule has 2 amide bonds. The minimum Gasteiger partial charge on any atom is -0.355 e. The summed E-state index contributed by atoms with van der Waals surface area (Å²) in [5, 5.41) is 8.61. The van der Waals surface area contributed by atoms with Crippen molar-refractivity contribution in [2.24, 2.45) is 11.8 Å². The molecule has 1 fully saturated rings. The van der Waals surface area contributed by atoms with Crippen LogP contribution >= 0.6 is 0 Å². The number of carbonyl (C=O) groups excluding carboxylic acids is 2. The summed E-state index contributed by atoms with van der Waals surface area (Å²) in [5.41, 5.74) is 0. The number of carbonyl (C=O) groups is 2. The number of rotatable bonds is 8. The molecule has 0 aromatic carbocycles. The van der Waals surface area contributed by atoms with E-state index in [0.29, 0.717) is 18.4 Å². The maximum atomic E-state index is 11.6. The molecule has 1 aliphatic carbocycles. The van der Waals surface area contributed by atoms with Crippen molar-refractivity contribution in [2.75, 3.05) is 19.6 Å². The summed E-state index contributed by atoms with van der Waals surface area (Å²) in [7, 11) is 0. The number of nitrogens with one attached hydrogen (secondary N) is 3. The van der Waals surface area contributed by atoms with E-state index < -0.39 is 0 Å². The average Bonchev–Trinajstić information content (AvgIpc) is 3.14. The molecule has 1 rings (SSSR count). The molecule has 0 aromatic rings. The molecule has 1 atom stereocenters. The van der Waals surface area contributed by atoms with Crippen LogP contribution in [0.1, 0.15) is 33.6 Å². The highest BCUT2D eigenvalue weighted by molar-refractivity contribution is 5.83. The molecule has 1 unspecified atom stereocenters. The largest absolute Gasteiger partial charge is 0.355 e. The molecule has 5 nitrogen and oxygen atoms in total. The van der Waals surface area contributed by atoms with Crippen molar-refractivity contribution >= 4 is 11.8 Å². The first-order chi connectivity index (χ1) is 8.49. The summed E-state index contributed by atoms with van der Waals surface area (Å²) in [6.07, 6.45) is 2.45. The van der Waals surface area contributed by atoms with Gasteiger partial charge in [0.05, 0.1) is 12.6 Å². The van der Waals surface area contributed by atoms with E-state index in [1.165, 1.54) is 12.8 Å². The van der Waals surface area contributed by atoms with E-state index in [0.717, 1.165) is 6.54 Å². The summed E-state index contributed by atoms with van der Waals surface area (Å²) in [6, 6.07) is -0.338. The van der Waals surface area contributed by atoms with Crippen molar-refractivity contribution in [1.82, 2.24) is 16.0 Å². The van der Waals surface area contributed by atoms with Gasteiger partial charge in [-0.05, 0) is 31.6 Å². The molecule has 1 saturated carbocycles. The minimum atomic E-state index is -0.338. The van der Waals surface area contributed by atoms with Crippen LogP contribution < -0.4 is 16.0 Å². The highest BCUT2D eigenvalue weighted by atomic mass is 16.2. The van der Waals surface area contributed by atoms with Gasteiger partial charge in [-0.25, -0.2) is 0 Å². The van der Waals surface area contributed by atoms with Crippen molar-refractivity contribution in [3.8, 4) is 0 Å². The van der Waals surface area contributed by atoms with E-state index in [1.807, 2.05) is 13.8 Å².